The lowest BCUT2D eigenvalue weighted by Crippen LogP contribution is -1.93. The Morgan fingerprint density at radius 1 is 1.64 bits per heavy atom. The van der Waals surface area contributed by atoms with Crippen LogP contribution in [-0.4, -0.2) is 11.1 Å². The topological polar surface area (TPSA) is 37.3 Å². The second kappa shape index (κ2) is 2.96. The fraction of sp³-hybridized carbons (Fsp3) is 0.167. The molecule has 2 nitrogen and oxygen atoms in total. The Hall–Kier alpha value is -0.970. The van der Waals surface area contributed by atoms with E-state index in [9.17, 15) is 13.6 Å². The molecule has 5 heteroatoms. The molecule has 1 rings (SSSR count). The number of thiophene rings is 1. The summed E-state index contributed by atoms with van der Waals surface area (Å²) in [7, 11) is -1.50. The first-order valence-corrected chi connectivity index (χ1v) is 4.10. The van der Waals surface area contributed by atoms with E-state index in [1.807, 2.05) is 0 Å². The zero-order valence-electron chi connectivity index (χ0n) is 5.33. The molecule has 0 radical (unpaired) electrons. The summed E-state index contributed by atoms with van der Waals surface area (Å²) >= 11 is 0. The van der Waals surface area contributed by atoms with Gasteiger partial charge in [0.2, 0.25) is 0 Å². The molecule has 1 heterocycles. The highest BCUT2D eigenvalue weighted by atomic mass is 32.2. The van der Waals surface area contributed by atoms with Crippen LogP contribution in [0.25, 0.3) is 0 Å². The minimum absolute atomic E-state index is 0.208. The molecule has 0 aliphatic rings. The van der Waals surface area contributed by atoms with E-state index in [1.54, 1.807) is 0 Å². The van der Waals surface area contributed by atoms with Gasteiger partial charge in [-0.3, -0.25) is 0 Å². The molecule has 0 bridgehead atoms. The van der Waals surface area contributed by atoms with Crippen molar-refractivity contribution in [2.24, 2.45) is 0 Å². The van der Waals surface area contributed by atoms with Crippen molar-refractivity contribution in [2.45, 2.75) is 5.76 Å². The molecule has 0 aliphatic carbocycles. The van der Waals surface area contributed by atoms with Crippen LogP contribution in [0.1, 0.15) is 15.4 Å². The normalized spacial score (nSPS) is 12.1. The number of aromatic carboxylic acids is 1. The Bertz CT molecular complexity index is 269. The molecule has 0 amide bonds. The SMILES string of the molecule is O=C(O)c1ccc[s+]1C(F)F. The van der Waals surface area contributed by atoms with E-state index in [2.05, 4.69) is 0 Å². The molecular weight excluding hydrogens is 174 g/mol. The molecule has 1 atom stereocenters. The second-order valence-electron chi connectivity index (χ2n) is 1.80. The third kappa shape index (κ3) is 1.54. The van der Waals surface area contributed by atoms with Gasteiger partial charge >= 0.3 is 11.7 Å². The van der Waals surface area contributed by atoms with Crippen LogP contribution >= 0.6 is 10.5 Å². The number of halogens is 2. The van der Waals surface area contributed by atoms with Crippen molar-refractivity contribution in [3.05, 3.63) is 22.4 Å². The quantitative estimate of drug-likeness (QED) is 0.708. The van der Waals surface area contributed by atoms with Crippen LogP contribution in [0.4, 0.5) is 8.78 Å². The second-order valence-corrected chi connectivity index (χ2v) is 3.61. The van der Waals surface area contributed by atoms with E-state index in [0.717, 1.165) is 0 Å². The van der Waals surface area contributed by atoms with Gasteiger partial charge in [-0.25, -0.2) is 4.79 Å². The first kappa shape index (κ1) is 8.13. The fourth-order valence-corrected chi connectivity index (χ4v) is 1.83. The number of carbonyl (C=O) groups is 1. The van der Waals surface area contributed by atoms with Crippen LogP contribution in [0.3, 0.4) is 0 Å². The van der Waals surface area contributed by atoms with Gasteiger partial charge in [0, 0.05) is 6.07 Å². The highest BCUT2D eigenvalue weighted by molar-refractivity contribution is 7.31. The number of alkyl halides is 2. The van der Waals surface area contributed by atoms with Gasteiger partial charge in [0.15, 0.2) is 0 Å². The van der Waals surface area contributed by atoms with Crippen molar-refractivity contribution < 1.29 is 18.7 Å². The van der Waals surface area contributed by atoms with Crippen molar-refractivity contribution in [1.29, 1.82) is 0 Å². The van der Waals surface area contributed by atoms with E-state index < -0.39 is 22.2 Å². The number of carboxylic acids is 1. The van der Waals surface area contributed by atoms with Gasteiger partial charge in [-0.15, -0.1) is 0 Å². The average Bonchev–Trinajstić information content (AvgIpc) is 2.32. The van der Waals surface area contributed by atoms with E-state index in [1.165, 1.54) is 17.5 Å². The predicted molar refractivity (Wildman–Crippen MR) is 37.1 cm³/mol. The standard InChI is InChI=1S/C6H4F2O2S/c7-6(8)11-3-1-2-4(11)5(9)10/h1-3,6H/p+1. The van der Waals surface area contributed by atoms with Crippen LogP contribution < -0.4 is 0 Å². The summed E-state index contributed by atoms with van der Waals surface area (Å²) in [6.45, 7) is 0. The van der Waals surface area contributed by atoms with Crippen molar-refractivity contribution in [2.75, 3.05) is 0 Å². The molecule has 60 valence electrons. The van der Waals surface area contributed by atoms with Gasteiger partial charge in [-0.2, -0.15) is 8.78 Å². The number of rotatable bonds is 2. The predicted octanol–water partition coefficient (Wildman–Crippen LogP) is 2.53. The molecule has 1 N–H and O–H groups in total. The van der Waals surface area contributed by atoms with Crippen molar-refractivity contribution in [1.82, 2.24) is 0 Å². The molecule has 0 saturated heterocycles. The van der Waals surface area contributed by atoms with Crippen molar-refractivity contribution in [3.8, 4) is 0 Å². The molecule has 0 aromatic carbocycles. The van der Waals surface area contributed by atoms with E-state index in [0.29, 0.717) is 0 Å². The molecule has 0 fully saturated rings. The third-order valence-electron chi connectivity index (χ3n) is 1.13. The Morgan fingerprint density at radius 3 is 2.64 bits per heavy atom. The summed E-state index contributed by atoms with van der Waals surface area (Å²) in [5.41, 5.74) is 0. The first-order valence-electron chi connectivity index (χ1n) is 2.75. The van der Waals surface area contributed by atoms with Crippen LogP contribution in [0.15, 0.2) is 17.5 Å². The zero-order chi connectivity index (χ0) is 8.43. The molecule has 1 aromatic heterocycles. The third-order valence-corrected chi connectivity index (χ3v) is 2.78. The molecule has 0 spiro atoms. The maximum absolute atomic E-state index is 12.0. The fourth-order valence-electron chi connectivity index (χ4n) is 0.691. The van der Waals surface area contributed by atoms with Crippen molar-refractivity contribution in [3.63, 3.8) is 0 Å². The van der Waals surface area contributed by atoms with Gasteiger partial charge < -0.3 is 5.11 Å². The summed E-state index contributed by atoms with van der Waals surface area (Å²) in [5.74, 6) is -3.87. The average molecular weight is 179 g/mol. The van der Waals surface area contributed by atoms with Gasteiger partial charge in [-0.05, 0) is 6.07 Å². The zero-order valence-corrected chi connectivity index (χ0v) is 6.15. The van der Waals surface area contributed by atoms with E-state index in [-0.39, 0.29) is 4.88 Å². The summed E-state index contributed by atoms with van der Waals surface area (Å²) in [6.07, 6.45) is 0. The summed E-state index contributed by atoms with van der Waals surface area (Å²) in [5, 5.41) is 9.61. The van der Waals surface area contributed by atoms with Gasteiger partial charge in [0.25, 0.3) is 4.88 Å². The van der Waals surface area contributed by atoms with Gasteiger partial charge in [0.1, 0.15) is 5.38 Å². The molecule has 11 heavy (non-hydrogen) atoms. The van der Waals surface area contributed by atoms with Crippen LogP contribution in [-0.2, 0) is 0 Å². The monoisotopic (exact) mass is 179 g/mol. The van der Waals surface area contributed by atoms with Crippen LogP contribution in [0, 0.1) is 0 Å². The van der Waals surface area contributed by atoms with E-state index in [4.69, 9.17) is 5.11 Å². The highest BCUT2D eigenvalue weighted by Crippen LogP contribution is 2.37. The Labute approximate surface area is 64.1 Å². The van der Waals surface area contributed by atoms with Crippen LogP contribution in [0.5, 0.6) is 0 Å². The summed E-state index contributed by atoms with van der Waals surface area (Å²) < 4.78 is 24.0. The lowest BCUT2D eigenvalue weighted by Gasteiger charge is -1.86. The Morgan fingerprint density at radius 2 is 2.27 bits per heavy atom. The summed E-state index contributed by atoms with van der Waals surface area (Å²) in [6, 6.07) is 2.55. The number of hydrogen-bond donors (Lipinski definition) is 1. The summed E-state index contributed by atoms with van der Waals surface area (Å²) in [4.78, 5) is 10.1. The molecule has 1 aromatic rings. The van der Waals surface area contributed by atoms with Gasteiger partial charge in [0.05, 0.1) is 10.5 Å². The Balaban J connectivity index is 3.06. The highest BCUT2D eigenvalue weighted by Gasteiger charge is 2.27. The maximum atomic E-state index is 12.0. The van der Waals surface area contributed by atoms with Gasteiger partial charge in [-0.1, -0.05) is 0 Å². The largest absolute Gasteiger partial charge is 0.474 e. The maximum Gasteiger partial charge on any atom is 0.421 e. The molecule has 0 aliphatic heterocycles. The van der Waals surface area contributed by atoms with E-state index >= 15 is 0 Å². The lowest BCUT2D eigenvalue weighted by molar-refractivity contribution is 0.0700. The minimum atomic E-state index is -2.60. The smallest absolute Gasteiger partial charge is 0.421 e. The number of carboxylic acid groups (broad SMARTS) is 1. The minimum Gasteiger partial charge on any atom is -0.474 e. The molecular formula is C6H5F2O2S+. The van der Waals surface area contributed by atoms with Crippen LogP contribution in [0.2, 0.25) is 0 Å². The lowest BCUT2D eigenvalue weighted by atomic mass is 10.5. The number of hydrogen-bond acceptors (Lipinski definition) is 1. The molecule has 1 unspecified atom stereocenters. The molecule has 0 saturated carbocycles. The van der Waals surface area contributed by atoms with Crippen molar-refractivity contribution >= 4 is 16.4 Å². The Kier molecular flexibility index (Phi) is 2.19. The first-order chi connectivity index (χ1) is 5.13.